The van der Waals surface area contributed by atoms with Crippen LogP contribution in [-0.4, -0.2) is 16.8 Å². The van der Waals surface area contributed by atoms with E-state index in [1.54, 1.807) is 6.92 Å². The van der Waals surface area contributed by atoms with Crippen LogP contribution in [0.5, 0.6) is 11.5 Å². The molecule has 0 spiro atoms. The lowest BCUT2D eigenvalue weighted by Crippen LogP contribution is -1.99. The molecule has 0 heterocycles. The number of ether oxygens (including phenoxy) is 1. The van der Waals surface area contributed by atoms with Gasteiger partial charge in [0.05, 0.1) is 6.10 Å². The Morgan fingerprint density at radius 2 is 1.63 bits per heavy atom. The third kappa shape index (κ3) is 3.34. The topological polar surface area (TPSA) is 49.7 Å². The van der Waals surface area contributed by atoms with Crippen LogP contribution >= 0.6 is 0 Å². The Labute approximate surface area is 113 Å². The van der Waals surface area contributed by atoms with Gasteiger partial charge in [-0.2, -0.15) is 0 Å². The Morgan fingerprint density at radius 1 is 1.00 bits per heavy atom. The molecule has 0 amide bonds. The largest absolute Gasteiger partial charge is 0.457 e. The van der Waals surface area contributed by atoms with Gasteiger partial charge in [-0.15, -0.1) is 0 Å². The van der Waals surface area contributed by atoms with Crippen molar-refractivity contribution in [3.63, 3.8) is 0 Å². The molecule has 0 saturated carbocycles. The average molecular weight is 258 g/mol. The summed E-state index contributed by atoms with van der Waals surface area (Å²) in [5.74, 6) is 1.35. The Bertz CT molecular complexity index is 535. The summed E-state index contributed by atoms with van der Waals surface area (Å²) in [5, 5.41) is 18.8. The highest BCUT2D eigenvalue weighted by Crippen LogP contribution is 2.31. The summed E-state index contributed by atoms with van der Waals surface area (Å²) < 4.78 is 5.88. The highest BCUT2D eigenvalue weighted by molar-refractivity contribution is 5.42. The van der Waals surface area contributed by atoms with E-state index in [0.29, 0.717) is 17.9 Å². The number of benzene rings is 2. The maximum absolute atomic E-state index is 9.74. The van der Waals surface area contributed by atoms with E-state index in [-0.39, 0.29) is 6.61 Å². The Morgan fingerprint density at radius 3 is 2.32 bits per heavy atom. The highest BCUT2D eigenvalue weighted by atomic mass is 16.5. The number of hydrogen-bond donors (Lipinski definition) is 2. The van der Waals surface area contributed by atoms with Crippen LogP contribution in [0.2, 0.25) is 0 Å². The minimum atomic E-state index is -0.582. The average Bonchev–Trinajstić information content (AvgIpc) is 2.42. The first-order valence-corrected chi connectivity index (χ1v) is 6.36. The molecule has 3 heteroatoms. The first-order valence-electron chi connectivity index (χ1n) is 6.36. The monoisotopic (exact) mass is 258 g/mol. The van der Waals surface area contributed by atoms with Crippen molar-refractivity contribution >= 4 is 0 Å². The van der Waals surface area contributed by atoms with Gasteiger partial charge >= 0.3 is 0 Å². The standard InChI is InChI=1S/C16H18O3/c1-12(18)14-7-3-5-9-16(14)19-15-8-4-2-6-13(15)10-11-17/h2-9,12,17-18H,10-11H2,1H3. The summed E-state index contributed by atoms with van der Waals surface area (Å²) in [6, 6.07) is 15.0. The molecule has 0 aliphatic heterocycles. The van der Waals surface area contributed by atoms with Crippen LogP contribution in [0.1, 0.15) is 24.2 Å². The van der Waals surface area contributed by atoms with E-state index in [1.807, 2.05) is 48.5 Å². The van der Waals surface area contributed by atoms with Gasteiger partial charge in [-0.3, -0.25) is 0 Å². The fraction of sp³-hybridized carbons (Fsp3) is 0.250. The molecular weight excluding hydrogens is 240 g/mol. The van der Waals surface area contributed by atoms with Crippen molar-refractivity contribution in [3.8, 4) is 11.5 Å². The van der Waals surface area contributed by atoms with Crippen LogP contribution in [-0.2, 0) is 6.42 Å². The molecule has 2 rings (SSSR count). The van der Waals surface area contributed by atoms with Crippen LogP contribution in [0.15, 0.2) is 48.5 Å². The van der Waals surface area contributed by atoms with Gasteiger partial charge in [0, 0.05) is 12.2 Å². The van der Waals surface area contributed by atoms with E-state index in [4.69, 9.17) is 9.84 Å². The highest BCUT2D eigenvalue weighted by Gasteiger charge is 2.10. The van der Waals surface area contributed by atoms with E-state index >= 15 is 0 Å². The van der Waals surface area contributed by atoms with Crippen molar-refractivity contribution in [3.05, 3.63) is 59.7 Å². The zero-order valence-electron chi connectivity index (χ0n) is 10.9. The number of hydrogen-bond acceptors (Lipinski definition) is 3. The van der Waals surface area contributed by atoms with Gasteiger partial charge < -0.3 is 14.9 Å². The second kappa shape index (κ2) is 6.36. The van der Waals surface area contributed by atoms with Gasteiger partial charge in [-0.05, 0) is 31.0 Å². The van der Waals surface area contributed by atoms with E-state index in [9.17, 15) is 5.11 Å². The molecule has 19 heavy (non-hydrogen) atoms. The molecule has 3 nitrogen and oxygen atoms in total. The fourth-order valence-electron chi connectivity index (χ4n) is 1.97. The van der Waals surface area contributed by atoms with Crippen molar-refractivity contribution in [1.29, 1.82) is 0 Å². The molecule has 0 radical (unpaired) electrons. The summed E-state index contributed by atoms with van der Waals surface area (Å²) in [7, 11) is 0. The summed E-state index contributed by atoms with van der Waals surface area (Å²) in [5.41, 5.74) is 1.70. The maximum Gasteiger partial charge on any atom is 0.133 e. The Kier molecular flexibility index (Phi) is 4.55. The Hall–Kier alpha value is -1.84. The van der Waals surface area contributed by atoms with Crippen molar-refractivity contribution in [2.24, 2.45) is 0 Å². The maximum atomic E-state index is 9.74. The predicted molar refractivity (Wildman–Crippen MR) is 74.4 cm³/mol. The van der Waals surface area contributed by atoms with E-state index in [1.165, 1.54) is 0 Å². The van der Waals surface area contributed by atoms with Gasteiger partial charge in [0.2, 0.25) is 0 Å². The number of aliphatic hydroxyl groups excluding tert-OH is 2. The van der Waals surface area contributed by atoms with Crippen molar-refractivity contribution in [2.45, 2.75) is 19.4 Å². The van der Waals surface area contributed by atoms with Gasteiger partial charge in [-0.25, -0.2) is 0 Å². The zero-order chi connectivity index (χ0) is 13.7. The van der Waals surface area contributed by atoms with E-state index in [2.05, 4.69) is 0 Å². The third-order valence-corrected chi connectivity index (χ3v) is 2.94. The summed E-state index contributed by atoms with van der Waals surface area (Å²) in [4.78, 5) is 0. The lowest BCUT2D eigenvalue weighted by molar-refractivity contribution is 0.195. The molecule has 0 bridgehead atoms. The molecule has 2 N–H and O–H groups in total. The number of rotatable bonds is 5. The first-order chi connectivity index (χ1) is 9.22. The second-order valence-corrected chi connectivity index (χ2v) is 4.40. The molecule has 0 saturated heterocycles. The Balaban J connectivity index is 2.31. The summed E-state index contributed by atoms with van der Waals surface area (Å²) >= 11 is 0. The fourth-order valence-corrected chi connectivity index (χ4v) is 1.97. The van der Waals surface area contributed by atoms with Crippen molar-refractivity contribution in [2.75, 3.05) is 6.61 Å². The molecule has 2 aromatic carbocycles. The molecule has 0 aliphatic rings. The van der Waals surface area contributed by atoms with Crippen LogP contribution < -0.4 is 4.74 Å². The zero-order valence-corrected chi connectivity index (χ0v) is 10.9. The molecule has 1 unspecified atom stereocenters. The molecule has 1 atom stereocenters. The SMILES string of the molecule is CC(O)c1ccccc1Oc1ccccc1CCO. The van der Waals surface area contributed by atoms with Gasteiger partial charge in [0.1, 0.15) is 11.5 Å². The van der Waals surface area contributed by atoms with E-state index < -0.39 is 6.10 Å². The van der Waals surface area contributed by atoms with E-state index in [0.717, 1.165) is 11.1 Å². The minimum absolute atomic E-state index is 0.0818. The molecule has 100 valence electrons. The van der Waals surface area contributed by atoms with Crippen molar-refractivity contribution in [1.82, 2.24) is 0 Å². The van der Waals surface area contributed by atoms with Gasteiger partial charge in [-0.1, -0.05) is 36.4 Å². The third-order valence-electron chi connectivity index (χ3n) is 2.94. The molecule has 0 aromatic heterocycles. The normalized spacial score (nSPS) is 12.2. The number of aliphatic hydroxyl groups is 2. The first kappa shape index (κ1) is 13.6. The molecule has 2 aromatic rings. The van der Waals surface area contributed by atoms with Crippen LogP contribution in [0.25, 0.3) is 0 Å². The van der Waals surface area contributed by atoms with Crippen LogP contribution in [0.3, 0.4) is 0 Å². The summed E-state index contributed by atoms with van der Waals surface area (Å²) in [6.45, 7) is 1.79. The van der Waals surface area contributed by atoms with Crippen LogP contribution in [0, 0.1) is 0 Å². The van der Waals surface area contributed by atoms with Crippen LogP contribution in [0.4, 0.5) is 0 Å². The lowest BCUT2D eigenvalue weighted by Gasteiger charge is -2.15. The lowest BCUT2D eigenvalue weighted by atomic mass is 10.1. The number of para-hydroxylation sites is 2. The minimum Gasteiger partial charge on any atom is -0.457 e. The predicted octanol–water partition coefficient (Wildman–Crippen LogP) is 3.07. The molecule has 0 aliphatic carbocycles. The van der Waals surface area contributed by atoms with Gasteiger partial charge in [0.25, 0.3) is 0 Å². The smallest absolute Gasteiger partial charge is 0.133 e. The van der Waals surface area contributed by atoms with Crippen molar-refractivity contribution < 1.29 is 14.9 Å². The molecule has 0 fully saturated rings. The second-order valence-electron chi connectivity index (χ2n) is 4.40. The molecular formula is C16H18O3. The van der Waals surface area contributed by atoms with Gasteiger partial charge in [0.15, 0.2) is 0 Å². The summed E-state index contributed by atoms with van der Waals surface area (Å²) in [6.07, 6.45) is -0.0336. The quantitative estimate of drug-likeness (QED) is 0.866.